The van der Waals surface area contributed by atoms with E-state index in [2.05, 4.69) is 175 Å². The van der Waals surface area contributed by atoms with E-state index in [9.17, 15) is 0 Å². The number of ether oxygens (including phenoxy) is 4. The van der Waals surface area contributed by atoms with Crippen molar-refractivity contribution in [3.63, 3.8) is 0 Å². The summed E-state index contributed by atoms with van der Waals surface area (Å²) < 4.78 is 32.1. The Morgan fingerprint density at radius 1 is 0.364 bits per heavy atom. The zero-order valence-electron chi connectivity index (χ0n) is 33.9. The smallest absolute Gasteiger partial charge is 0.251 e. The molecule has 0 aliphatic rings. The molecule has 6 aromatic rings. The van der Waals surface area contributed by atoms with E-state index in [1.54, 1.807) is 28.4 Å². The molecule has 0 aliphatic heterocycles. The maximum absolute atomic E-state index is 8.80. The van der Waals surface area contributed by atoms with E-state index in [4.69, 9.17) is 23.1 Å². The molecule has 0 bridgehead atoms. The third kappa shape index (κ3) is 7.36. The molecule has 0 fully saturated rings. The van der Waals surface area contributed by atoms with Gasteiger partial charge in [-0.15, -0.1) is 0 Å². The van der Waals surface area contributed by atoms with Gasteiger partial charge in [0.25, 0.3) is 16.6 Å². The van der Waals surface area contributed by atoms with Gasteiger partial charge in [-0.25, -0.2) is 0 Å². The Kier molecular flexibility index (Phi) is 11.5. The van der Waals surface area contributed by atoms with Crippen LogP contribution in [-0.4, -0.2) is 45.1 Å². The van der Waals surface area contributed by atoms with Crippen molar-refractivity contribution >= 4 is 37.4 Å². The minimum Gasteiger partial charge on any atom is -0.497 e. The fraction of sp³-hybridized carbons (Fsp3) is 0.250. The third-order valence-electron chi connectivity index (χ3n) is 10.7. The van der Waals surface area contributed by atoms with Crippen molar-refractivity contribution in [2.45, 2.75) is 51.6 Å². The summed E-state index contributed by atoms with van der Waals surface area (Å²) in [6.45, 7) is 14.2. The predicted octanol–water partition coefficient (Wildman–Crippen LogP) is 9.49. The minimum absolute atomic E-state index is 0.347. The predicted molar refractivity (Wildman–Crippen MR) is 233 cm³/mol. The van der Waals surface area contributed by atoms with Gasteiger partial charge in [-0.3, -0.25) is 0 Å². The summed E-state index contributed by atoms with van der Waals surface area (Å²) in [5.41, 5.74) is 4.22. The van der Waals surface area contributed by atoms with Crippen molar-refractivity contribution in [3.05, 3.63) is 146 Å². The molecule has 0 heterocycles. The van der Waals surface area contributed by atoms with Crippen LogP contribution in [0.5, 0.6) is 23.0 Å². The minimum atomic E-state index is -3.37. The number of rotatable bonds is 12. The van der Waals surface area contributed by atoms with Crippen LogP contribution < -0.4 is 39.7 Å². The van der Waals surface area contributed by atoms with Crippen LogP contribution in [-0.2, 0) is 4.12 Å². The summed E-state index contributed by atoms with van der Waals surface area (Å²) in [5, 5.41) is 4.12. The van der Waals surface area contributed by atoms with E-state index in [-0.39, 0.29) is 10.1 Å². The highest BCUT2D eigenvalue weighted by Crippen LogP contribution is 2.47. The molecule has 2 atom stereocenters. The largest absolute Gasteiger partial charge is 0.497 e. The van der Waals surface area contributed by atoms with Crippen LogP contribution in [0.4, 0.5) is 0 Å². The molecule has 0 aliphatic carbocycles. The van der Waals surface area contributed by atoms with Crippen molar-refractivity contribution in [1.82, 2.24) is 0 Å². The topological polar surface area (TPSA) is 46.2 Å². The first-order chi connectivity index (χ1) is 26.3. The van der Waals surface area contributed by atoms with Crippen molar-refractivity contribution in [2.75, 3.05) is 28.4 Å². The van der Waals surface area contributed by atoms with E-state index < -0.39 is 16.6 Å². The van der Waals surface area contributed by atoms with Gasteiger partial charge >= 0.3 is 0 Å². The summed E-state index contributed by atoms with van der Waals surface area (Å²) in [4.78, 5) is 0. The Bertz CT molecular complexity index is 2020. The quantitative estimate of drug-likeness (QED) is 0.116. The highest BCUT2D eigenvalue weighted by atomic mass is 28.4. The second-order valence-corrected chi connectivity index (χ2v) is 24.8. The first-order valence-electron chi connectivity index (χ1n) is 18.8. The highest BCUT2D eigenvalue weighted by molar-refractivity contribution is 7.11. The van der Waals surface area contributed by atoms with Gasteiger partial charge in [-0.2, -0.15) is 0 Å². The number of hydrogen-bond acceptors (Lipinski definition) is 5. The standard InChI is InChI=1S/C48H54O5Si2/c1-47(2,3)54(41-21-13-11-14-22-41,45-27-19-17-25-43(45)35-29-37(49-7)33-38(30-35)50-8)53-55(48(4,5)6,42-23-15-12-16-24-42)46-28-20-18-26-44(46)36-31-39(51-9)34-40(32-36)52-10/h11-34H,1-10H3. The van der Waals surface area contributed by atoms with Crippen LogP contribution in [0.15, 0.2) is 146 Å². The van der Waals surface area contributed by atoms with E-state index >= 15 is 0 Å². The summed E-state index contributed by atoms with van der Waals surface area (Å²) in [6.07, 6.45) is 0. The molecule has 0 spiro atoms. The van der Waals surface area contributed by atoms with E-state index in [1.807, 2.05) is 12.1 Å². The maximum Gasteiger partial charge on any atom is 0.251 e. The third-order valence-corrected chi connectivity index (χ3v) is 22.1. The molecular formula is C48H54O5Si2. The Hall–Kier alpha value is -5.09. The van der Waals surface area contributed by atoms with Crippen LogP contribution in [0.1, 0.15) is 41.5 Å². The molecule has 0 amide bonds. The molecule has 0 saturated carbocycles. The lowest BCUT2D eigenvalue weighted by Crippen LogP contribution is -2.78. The second kappa shape index (κ2) is 15.9. The summed E-state index contributed by atoms with van der Waals surface area (Å²) in [7, 11) is 0.0519. The molecule has 7 heteroatoms. The first kappa shape index (κ1) is 39.6. The average molecular weight is 767 g/mol. The fourth-order valence-electron chi connectivity index (χ4n) is 8.10. The van der Waals surface area contributed by atoms with Crippen molar-refractivity contribution in [2.24, 2.45) is 0 Å². The van der Waals surface area contributed by atoms with Crippen molar-refractivity contribution in [3.8, 4) is 45.3 Å². The molecule has 6 aromatic carbocycles. The molecule has 5 nitrogen and oxygen atoms in total. The van der Waals surface area contributed by atoms with E-state index in [0.29, 0.717) is 0 Å². The Labute approximate surface area is 330 Å². The summed E-state index contributed by atoms with van der Waals surface area (Å²) in [6, 6.07) is 51.8. The zero-order valence-corrected chi connectivity index (χ0v) is 35.9. The molecule has 0 aromatic heterocycles. The van der Waals surface area contributed by atoms with Gasteiger partial charge in [0.2, 0.25) is 0 Å². The Morgan fingerprint density at radius 2 is 0.655 bits per heavy atom. The SMILES string of the molecule is COc1cc(OC)cc(-c2ccccc2[Si](O[Si](c2ccccc2)(c2ccccc2-c2cc(OC)cc(OC)c2)C(C)(C)C)(c2ccccc2)C(C)(C)C)c1. The van der Waals surface area contributed by atoms with Crippen LogP contribution in [0.25, 0.3) is 22.3 Å². The van der Waals surface area contributed by atoms with Crippen LogP contribution >= 0.6 is 0 Å². The van der Waals surface area contributed by atoms with Gasteiger partial charge in [0.1, 0.15) is 23.0 Å². The maximum atomic E-state index is 8.80. The normalized spacial score (nSPS) is 14.0. The molecule has 0 saturated heterocycles. The van der Waals surface area contributed by atoms with Crippen molar-refractivity contribution < 1.29 is 23.1 Å². The van der Waals surface area contributed by atoms with Crippen LogP contribution in [0.3, 0.4) is 0 Å². The zero-order chi connectivity index (χ0) is 39.4. The van der Waals surface area contributed by atoms with E-state index in [1.165, 1.54) is 20.7 Å². The first-order valence-corrected chi connectivity index (χ1v) is 22.6. The molecule has 284 valence electrons. The molecule has 2 unspecified atom stereocenters. The Morgan fingerprint density at radius 3 is 0.945 bits per heavy atom. The van der Waals surface area contributed by atoms with Crippen molar-refractivity contribution in [1.29, 1.82) is 0 Å². The number of benzene rings is 6. The Balaban J connectivity index is 1.79. The van der Waals surface area contributed by atoms with Gasteiger partial charge in [-0.05, 0) is 77.3 Å². The average Bonchev–Trinajstić information content (AvgIpc) is 3.20. The number of hydrogen-bond donors (Lipinski definition) is 0. The lowest BCUT2D eigenvalue weighted by molar-refractivity contribution is 0.394. The molecular weight excluding hydrogens is 713 g/mol. The monoisotopic (exact) mass is 766 g/mol. The lowest BCUT2D eigenvalue weighted by Gasteiger charge is -2.54. The summed E-state index contributed by atoms with van der Waals surface area (Å²) in [5.74, 6) is 2.94. The molecule has 6 rings (SSSR count). The molecule has 0 radical (unpaired) electrons. The lowest BCUT2D eigenvalue weighted by atomic mass is 10.0. The molecule has 0 N–H and O–H groups in total. The van der Waals surface area contributed by atoms with Crippen LogP contribution in [0, 0.1) is 0 Å². The van der Waals surface area contributed by atoms with Gasteiger partial charge in [0, 0.05) is 12.1 Å². The van der Waals surface area contributed by atoms with Gasteiger partial charge in [-0.1, -0.05) is 151 Å². The van der Waals surface area contributed by atoms with Gasteiger partial charge < -0.3 is 23.1 Å². The van der Waals surface area contributed by atoms with E-state index in [0.717, 1.165) is 45.3 Å². The van der Waals surface area contributed by atoms with Gasteiger partial charge in [0.05, 0.1) is 28.4 Å². The van der Waals surface area contributed by atoms with Crippen LogP contribution in [0.2, 0.25) is 10.1 Å². The molecule has 55 heavy (non-hydrogen) atoms. The summed E-state index contributed by atoms with van der Waals surface area (Å²) >= 11 is 0. The van der Waals surface area contributed by atoms with Gasteiger partial charge in [0.15, 0.2) is 0 Å². The highest BCUT2D eigenvalue weighted by Gasteiger charge is 2.61. The second-order valence-electron chi connectivity index (χ2n) is 16.0. The fourth-order valence-corrected chi connectivity index (χ4v) is 21.4. The number of methoxy groups -OCH3 is 4.